The molecule has 0 spiro atoms. The van der Waals surface area contributed by atoms with Crippen molar-refractivity contribution in [3.63, 3.8) is 0 Å². The first-order valence-corrected chi connectivity index (χ1v) is 4.33. The molecule has 68 valence electrons. The first-order valence-electron chi connectivity index (χ1n) is 4.33. The Morgan fingerprint density at radius 2 is 2.00 bits per heavy atom. The van der Waals surface area contributed by atoms with E-state index in [0.717, 1.165) is 18.7 Å². The van der Waals surface area contributed by atoms with Crippen LogP contribution in [0.5, 0.6) is 0 Å². The van der Waals surface area contributed by atoms with E-state index in [2.05, 4.69) is 27.4 Å². The van der Waals surface area contributed by atoms with Gasteiger partial charge in [0.2, 0.25) is 5.91 Å². The third-order valence-electron chi connectivity index (χ3n) is 1.86. The molecular weight excluding hydrogens is 150 g/mol. The Morgan fingerprint density at radius 3 is 2.33 bits per heavy atom. The lowest BCUT2D eigenvalue weighted by Gasteiger charge is -2.35. The van der Waals surface area contributed by atoms with Gasteiger partial charge in [-0.2, -0.15) is 0 Å². The number of rotatable bonds is 1. The third-order valence-corrected chi connectivity index (χ3v) is 1.86. The topological polar surface area (TPSA) is 20.3 Å². The molecule has 1 fully saturated rings. The summed E-state index contributed by atoms with van der Waals surface area (Å²) in [5.74, 6) is 0.259. The highest BCUT2D eigenvalue weighted by Gasteiger charge is 2.26. The van der Waals surface area contributed by atoms with Crippen LogP contribution in [0.3, 0.4) is 0 Å². The van der Waals surface area contributed by atoms with Gasteiger partial charge in [0.25, 0.3) is 0 Å². The zero-order chi connectivity index (χ0) is 9.35. The molecule has 0 aromatic carbocycles. The van der Waals surface area contributed by atoms with E-state index in [1.807, 2.05) is 4.90 Å². The monoisotopic (exact) mass is 167 g/mol. The van der Waals surface area contributed by atoms with Crippen LogP contribution in [0.4, 0.5) is 0 Å². The van der Waals surface area contributed by atoms with Gasteiger partial charge in [0.05, 0.1) is 0 Å². The molecule has 2 heteroatoms. The molecular formula is C10H17NO. The molecule has 1 amide bonds. The molecule has 12 heavy (non-hydrogen) atoms. The minimum Gasteiger partial charge on any atom is -0.335 e. The number of likely N-dealkylation sites (tertiary alicyclic amines) is 1. The van der Waals surface area contributed by atoms with Gasteiger partial charge in [0, 0.05) is 19.5 Å². The van der Waals surface area contributed by atoms with Crippen LogP contribution in [0.1, 0.15) is 27.2 Å². The lowest BCUT2D eigenvalue weighted by atomic mass is 9.91. The first kappa shape index (κ1) is 9.30. The SMILES string of the molecule is C=C1CN(C(=O)CC(C)(C)C)C1. The van der Waals surface area contributed by atoms with Crippen molar-refractivity contribution < 1.29 is 4.79 Å². The summed E-state index contributed by atoms with van der Waals surface area (Å²) in [6, 6.07) is 0. The van der Waals surface area contributed by atoms with E-state index in [4.69, 9.17) is 0 Å². The minimum atomic E-state index is 0.105. The van der Waals surface area contributed by atoms with Gasteiger partial charge in [0.1, 0.15) is 0 Å². The van der Waals surface area contributed by atoms with Gasteiger partial charge < -0.3 is 4.90 Å². The normalized spacial score (nSPS) is 17.6. The van der Waals surface area contributed by atoms with Crippen molar-refractivity contribution in [2.24, 2.45) is 5.41 Å². The van der Waals surface area contributed by atoms with Crippen molar-refractivity contribution in [2.45, 2.75) is 27.2 Å². The van der Waals surface area contributed by atoms with E-state index in [1.165, 1.54) is 0 Å². The van der Waals surface area contributed by atoms with Crippen LogP contribution in [0.2, 0.25) is 0 Å². The van der Waals surface area contributed by atoms with Crippen molar-refractivity contribution in [3.8, 4) is 0 Å². The number of amides is 1. The van der Waals surface area contributed by atoms with Crippen molar-refractivity contribution in [2.75, 3.05) is 13.1 Å². The zero-order valence-corrected chi connectivity index (χ0v) is 8.18. The van der Waals surface area contributed by atoms with Crippen molar-refractivity contribution in [3.05, 3.63) is 12.2 Å². The molecule has 0 aromatic heterocycles. The maximum absolute atomic E-state index is 11.5. The van der Waals surface area contributed by atoms with Crippen LogP contribution in [0.25, 0.3) is 0 Å². The zero-order valence-electron chi connectivity index (χ0n) is 8.18. The lowest BCUT2D eigenvalue weighted by molar-refractivity contribution is -0.134. The molecule has 1 aliphatic rings. The highest BCUT2D eigenvalue weighted by atomic mass is 16.2. The standard InChI is InChI=1S/C10H17NO/c1-8-6-11(7-8)9(12)5-10(2,3)4/h1,5-7H2,2-4H3. The molecule has 0 saturated carbocycles. The predicted molar refractivity (Wildman–Crippen MR) is 49.8 cm³/mol. The second-order valence-electron chi connectivity index (χ2n) is 4.74. The molecule has 1 saturated heterocycles. The van der Waals surface area contributed by atoms with E-state index in [9.17, 15) is 4.79 Å². The van der Waals surface area contributed by atoms with Crippen LogP contribution in [0.15, 0.2) is 12.2 Å². The van der Waals surface area contributed by atoms with Gasteiger partial charge >= 0.3 is 0 Å². The Balaban J connectivity index is 2.35. The number of hydrogen-bond acceptors (Lipinski definition) is 1. The summed E-state index contributed by atoms with van der Waals surface area (Å²) in [6.07, 6.45) is 0.639. The highest BCUT2D eigenvalue weighted by Crippen LogP contribution is 2.22. The number of hydrogen-bond donors (Lipinski definition) is 0. The van der Waals surface area contributed by atoms with Gasteiger partial charge in [-0.3, -0.25) is 4.79 Å². The fraction of sp³-hybridized carbons (Fsp3) is 0.700. The molecule has 1 aliphatic heterocycles. The van der Waals surface area contributed by atoms with Crippen LogP contribution in [0, 0.1) is 5.41 Å². The van der Waals surface area contributed by atoms with E-state index >= 15 is 0 Å². The molecule has 2 nitrogen and oxygen atoms in total. The van der Waals surface area contributed by atoms with E-state index < -0.39 is 0 Å². The molecule has 1 rings (SSSR count). The summed E-state index contributed by atoms with van der Waals surface area (Å²) in [5, 5.41) is 0. The van der Waals surface area contributed by atoms with E-state index in [0.29, 0.717) is 6.42 Å². The Morgan fingerprint density at radius 1 is 1.50 bits per heavy atom. The summed E-state index contributed by atoms with van der Waals surface area (Å²) < 4.78 is 0. The van der Waals surface area contributed by atoms with Crippen molar-refractivity contribution in [1.29, 1.82) is 0 Å². The molecule has 0 bridgehead atoms. The minimum absolute atomic E-state index is 0.105. The molecule has 0 radical (unpaired) electrons. The highest BCUT2D eigenvalue weighted by molar-refractivity contribution is 5.78. The molecule has 0 unspecified atom stereocenters. The third kappa shape index (κ3) is 2.36. The first-order chi connectivity index (χ1) is 5.38. The van der Waals surface area contributed by atoms with E-state index in [-0.39, 0.29) is 11.3 Å². The summed E-state index contributed by atoms with van der Waals surface area (Å²) in [5.41, 5.74) is 1.27. The lowest BCUT2D eigenvalue weighted by Crippen LogP contribution is -2.45. The van der Waals surface area contributed by atoms with Crippen molar-refractivity contribution >= 4 is 5.91 Å². The average molecular weight is 167 g/mol. The van der Waals surface area contributed by atoms with Crippen LogP contribution in [-0.2, 0) is 4.79 Å². The molecule has 0 atom stereocenters. The Hall–Kier alpha value is -0.790. The fourth-order valence-corrected chi connectivity index (χ4v) is 1.24. The number of carbonyl (C=O) groups excluding carboxylic acids is 1. The van der Waals surface area contributed by atoms with Gasteiger partial charge in [-0.15, -0.1) is 0 Å². The molecule has 1 heterocycles. The smallest absolute Gasteiger partial charge is 0.223 e. The van der Waals surface area contributed by atoms with Crippen LogP contribution in [-0.4, -0.2) is 23.9 Å². The fourth-order valence-electron chi connectivity index (χ4n) is 1.24. The maximum atomic E-state index is 11.5. The van der Waals surface area contributed by atoms with Gasteiger partial charge in [0.15, 0.2) is 0 Å². The van der Waals surface area contributed by atoms with E-state index in [1.54, 1.807) is 0 Å². The second kappa shape index (κ2) is 2.92. The summed E-state index contributed by atoms with van der Waals surface area (Å²) in [6.45, 7) is 11.6. The Kier molecular flexibility index (Phi) is 2.27. The largest absolute Gasteiger partial charge is 0.335 e. The second-order valence-corrected chi connectivity index (χ2v) is 4.74. The molecule has 0 aromatic rings. The molecule has 0 aliphatic carbocycles. The summed E-state index contributed by atoms with van der Waals surface area (Å²) >= 11 is 0. The maximum Gasteiger partial charge on any atom is 0.223 e. The quantitative estimate of drug-likeness (QED) is 0.545. The Labute approximate surface area is 74.2 Å². The number of carbonyl (C=O) groups is 1. The van der Waals surface area contributed by atoms with Gasteiger partial charge in [-0.1, -0.05) is 27.4 Å². The number of nitrogens with zero attached hydrogens (tertiary/aromatic N) is 1. The predicted octanol–water partition coefficient (Wildman–Crippen LogP) is 1.82. The average Bonchev–Trinajstić information content (AvgIpc) is 1.76. The summed E-state index contributed by atoms with van der Waals surface area (Å²) in [4.78, 5) is 13.3. The summed E-state index contributed by atoms with van der Waals surface area (Å²) in [7, 11) is 0. The molecule has 0 N–H and O–H groups in total. The van der Waals surface area contributed by atoms with Crippen LogP contribution < -0.4 is 0 Å². The van der Waals surface area contributed by atoms with Gasteiger partial charge in [-0.25, -0.2) is 0 Å². The van der Waals surface area contributed by atoms with Crippen molar-refractivity contribution in [1.82, 2.24) is 4.90 Å². The Bertz CT molecular complexity index is 204. The van der Waals surface area contributed by atoms with Gasteiger partial charge in [-0.05, 0) is 11.0 Å². The van der Waals surface area contributed by atoms with Crippen LogP contribution >= 0.6 is 0 Å².